The summed E-state index contributed by atoms with van der Waals surface area (Å²) in [4.78, 5) is 11.8. The zero-order valence-electron chi connectivity index (χ0n) is 17.1. The van der Waals surface area contributed by atoms with Crippen molar-refractivity contribution in [2.24, 2.45) is 0 Å². The van der Waals surface area contributed by atoms with Gasteiger partial charge in [0.25, 0.3) is 0 Å². The Hall–Kier alpha value is -2.79. The third-order valence-corrected chi connectivity index (χ3v) is 5.33. The standard InChI is InChI=1S/C23H25ClN2O3/c1-5-16(13-22(27)28-4)17-6-11-20(23-14(2)26-29-15(23)3)21(12-17)25-19-9-7-18(24)8-10-19/h6-12,16,25H,5,13H2,1-4H3. The van der Waals surface area contributed by atoms with Crippen LogP contribution in [-0.2, 0) is 9.53 Å². The largest absolute Gasteiger partial charge is 0.469 e. The first kappa shape index (κ1) is 20.9. The van der Waals surface area contributed by atoms with Crippen LogP contribution in [-0.4, -0.2) is 18.2 Å². The minimum absolute atomic E-state index is 0.0759. The zero-order valence-corrected chi connectivity index (χ0v) is 17.8. The predicted octanol–water partition coefficient (Wildman–Crippen LogP) is 6.41. The van der Waals surface area contributed by atoms with Crippen LogP contribution >= 0.6 is 11.6 Å². The number of esters is 1. The number of aryl methyl sites for hydroxylation is 2. The van der Waals surface area contributed by atoms with Crippen LogP contribution in [0.4, 0.5) is 11.4 Å². The number of nitrogens with one attached hydrogen (secondary N) is 1. The van der Waals surface area contributed by atoms with Crippen molar-refractivity contribution in [2.45, 2.75) is 39.5 Å². The Morgan fingerprint density at radius 3 is 2.52 bits per heavy atom. The fourth-order valence-electron chi connectivity index (χ4n) is 3.48. The van der Waals surface area contributed by atoms with Gasteiger partial charge in [-0.05, 0) is 62.1 Å². The van der Waals surface area contributed by atoms with E-state index in [9.17, 15) is 4.79 Å². The molecule has 1 N–H and O–H groups in total. The van der Waals surface area contributed by atoms with Gasteiger partial charge in [-0.15, -0.1) is 0 Å². The Morgan fingerprint density at radius 2 is 1.93 bits per heavy atom. The Labute approximate surface area is 176 Å². The SMILES string of the molecule is CCC(CC(=O)OC)c1ccc(-c2c(C)noc2C)c(Nc2ccc(Cl)cc2)c1. The first-order valence-electron chi connectivity index (χ1n) is 9.59. The number of aromatic nitrogens is 1. The number of carbonyl (C=O) groups is 1. The van der Waals surface area contributed by atoms with E-state index < -0.39 is 0 Å². The monoisotopic (exact) mass is 412 g/mol. The number of benzene rings is 2. The summed E-state index contributed by atoms with van der Waals surface area (Å²) < 4.78 is 10.2. The molecular weight excluding hydrogens is 388 g/mol. The van der Waals surface area contributed by atoms with Gasteiger partial charge in [-0.25, -0.2) is 0 Å². The summed E-state index contributed by atoms with van der Waals surface area (Å²) in [5.74, 6) is 0.627. The van der Waals surface area contributed by atoms with Gasteiger partial charge in [-0.3, -0.25) is 4.79 Å². The van der Waals surface area contributed by atoms with Gasteiger partial charge < -0.3 is 14.6 Å². The number of ether oxygens (including phenoxy) is 1. The van der Waals surface area contributed by atoms with Crippen LogP contribution in [0.25, 0.3) is 11.1 Å². The molecule has 1 heterocycles. The van der Waals surface area contributed by atoms with E-state index in [1.807, 2.05) is 38.1 Å². The van der Waals surface area contributed by atoms with E-state index in [1.165, 1.54) is 7.11 Å². The van der Waals surface area contributed by atoms with Crippen LogP contribution in [0.5, 0.6) is 0 Å². The van der Waals surface area contributed by atoms with Gasteiger partial charge >= 0.3 is 5.97 Å². The summed E-state index contributed by atoms with van der Waals surface area (Å²) in [6, 6.07) is 13.7. The van der Waals surface area contributed by atoms with Crippen molar-refractivity contribution in [3.8, 4) is 11.1 Å². The summed E-state index contributed by atoms with van der Waals surface area (Å²) in [6.07, 6.45) is 1.18. The third-order valence-electron chi connectivity index (χ3n) is 5.07. The van der Waals surface area contributed by atoms with E-state index in [1.54, 1.807) is 0 Å². The molecule has 29 heavy (non-hydrogen) atoms. The Morgan fingerprint density at radius 1 is 1.21 bits per heavy atom. The molecule has 0 saturated carbocycles. The van der Waals surface area contributed by atoms with Crippen LogP contribution in [0.1, 0.15) is 42.7 Å². The second kappa shape index (κ2) is 9.14. The third kappa shape index (κ3) is 4.80. The quantitative estimate of drug-likeness (QED) is 0.454. The van der Waals surface area contributed by atoms with E-state index in [-0.39, 0.29) is 11.9 Å². The maximum atomic E-state index is 11.8. The first-order chi connectivity index (χ1) is 13.9. The number of anilines is 2. The van der Waals surface area contributed by atoms with Gasteiger partial charge in [0.2, 0.25) is 0 Å². The van der Waals surface area contributed by atoms with Gasteiger partial charge in [-0.1, -0.05) is 35.8 Å². The summed E-state index contributed by atoms with van der Waals surface area (Å²) in [5.41, 5.74) is 5.70. The summed E-state index contributed by atoms with van der Waals surface area (Å²) in [7, 11) is 1.42. The molecule has 0 amide bonds. The molecule has 0 fully saturated rings. The molecule has 3 rings (SSSR count). The van der Waals surface area contributed by atoms with Crippen LogP contribution < -0.4 is 5.32 Å². The first-order valence-corrected chi connectivity index (χ1v) is 9.97. The minimum Gasteiger partial charge on any atom is -0.469 e. The molecule has 0 aliphatic rings. The molecule has 0 saturated heterocycles. The lowest BCUT2D eigenvalue weighted by Gasteiger charge is -2.19. The van der Waals surface area contributed by atoms with E-state index in [0.717, 1.165) is 45.9 Å². The molecule has 6 heteroatoms. The highest BCUT2D eigenvalue weighted by Gasteiger charge is 2.20. The molecule has 152 valence electrons. The molecule has 0 aliphatic heterocycles. The van der Waals surface area contributed by atoms with Crippen molar-refractivity contribution in [1.82, 2.24) is 5.16 Å². The minimum atomic E-state index is -0.209. The average molecular weight is 413 g/mol. The van der Waals surface area contributed by atoms with Crippen molar-refractivity contribution >= 4 is 28.9 Å². The summed E-state index contributed by atoms with van der Waals surface area (Å²) >= 11 is 6.02. The smallest absolute Gasteiger partial charge is 0.306 e. The van der Waals surface area contributed by atoms with Gasteiger partial charge in [-0.2, -0.15) is 0 Å². The number of nitrogens with zero attached hydrogens (tertiary/aromatic N) is 1. The highest BCUT2D eigenvalue weighted by molar-refractivity contribution is 6.30. The van der Waals surface area contributed by atoms with Gasteiger partial charge in [0, 0.05) is 27.5 Å². The van der Waals surface area contributed by atoms with Crippen molar-refractivity contribution in [3.05, 3.63) is 64.5 Å². The number of halogens is 1. The van der Waals surface area contributed by atoms with Crippen molar-refractivity contribution in [3.63, 3.8) is 0 Å². The molecule has 0 bridgehead atoms. The Bertz CT molecular complexity index is 976. The maximum absolute atomic E-state index is 11.8. The zero-order chi connectivity index (χ0) is 21.0. The topological polar surface area (TPSA) is 64.4 Å². The number of carbonyl (C=O) groups excluding carboxylic acids is 1. The van der Waals surface area contributed by atoms with Crippen LogP contribution in [0.3, 0.4) is 0 Å². The van der Waals surface area contributed by atoms with E-state index in [0.29, 0.717) is 11.4 Å². The van der Waals surface area contributed by atoms with E-state index in [2.05, 4.69) is 35.6 Å². The number of rotatable bonds is 7. The van der Waals surface area contributed by atoms with Gasteiger partial charge in [0.15, 0.2) is 0 Å². The molecule has 0 radical (unpaired) electrons. The fraction of sp³-hybridized carbons (Fsp3) is 0.304. The van der Waals surface area contributed by atoms with E-state index in [4.69, 9.17) is 20.9 Å². The number of hydrogen-bond acceptors (Lipinski definition) is 5. The normalized spacial score (nSPS) is 11.9. The number of methoxy groups -OCH3 is 1. The lowest BCUT2D eigenvalue weighted by molar-refractivity contribution is -0.141. The predicted molar refractivity (Wildman–Crippen MR) is 116 cm³/mol. The highest BCUT2D eigenvalue weighted by Crippen LogP contribution is 2.38. The molecule has 1 unspecified atom stereocenters. The van der Waals surface area contributed by atoms with Crippen LogP contribution in [0.2, 0.25) is 5.02 Å². The maximum Gasteiger partial charge on any atom is 0.306 e. The lowest BCUT2D eigenvalue weighted by Crippen LogP contribution is -2.08. The summed E-state index contributed by atoms with van der Waals surface area (Å²) in [6.45, 7) is 5.90. The van der Waals surface area contributed by atoms with Gasteiger partial charge in [0.05, 0.1) is 19.2 Å². The summed E-state index contributed by atoms with van der Waals surface area (Å²) in [5, 5.41) is 8.26. The molecule has 5 nitrogen and oxygen atoms in total. The van der Waals surface area contributed by atoms with E-state index >= 15 is 0 Å². The lowest BCUT2D eigenvalue weighted by atomic mass is 9.90. The molecule has 1 atom stereocenters. The van der Waals surface area contributed by atoms with Crippen molar-refractivity contribution < 1.29 is 14.1 Å². The highest BCUT2D eigenvalue weighted by atomic mass is 35.5. The second-order valence-electron chi connectivity index (χ2n) is 7.02. The van der Waals surface area contributed by atoms with Crippen molar-refractivity contribution in [2.75, 3.05) is 12.4 Å². The second-order valence-corrected chi connectivity index (χ2v) is 7.46. The Balaban J connectivity index is 2.06. The molecular formula is C23H25ClN2O3. The average Bonchev–Trinajstić information content (AvgIpc) is 3.05. The van der Waals surface area contributed by atoms with Crippen LogP contribution in [0.15, 0.2) is 47.0 Å². The molecule has 0 spiro atoms. The molecule has 0 aliphatic carbocycles. The molecule has 3 aromatic rings. The molecule has 2 aromatic carbocycles. The number of hydrogen-bond donors (Lipinski definition) is 1. The molecule has 1 aromatic heterocycles. The Kier molecular flexibility index (Phi) is 6.60. The van der Waals surface area contributed by atoms with Crippen LogP contribution in [0, 0.1) is 13.8 Å². The van der Waals surface area contributed by atoms with Crippen molar-refractivity contribution in [1.29, 1.82) is 0 Å². The van der Waals surface area contributed by atoms with Gasteiger partial charge in [0.1, 0.15) is 5.76 Å². The fourth-order valence-corrected chi connectivity index (χ4v) is 3.60.